The van der Waals surface area contributed by atoms with Gasteiger partial charge in [-0.3, -0.25) is 19.7 Å². The number of rotatable bonds is 6. The van der Waals surface area contributed by atoms with E-state index in [1.54, 1.807) is 29.0 Å². The Bertz CT molecular complexity index is 1450. The van der Waals surface area contributed by atoms with Crippen LogP contribution in [0.1, 0.15) is 49.1 Å². The molecule has 0 aromatic heterocycles. The van der Waals surface area contributed by atoms with Crippen molar-refractivity contribution >= 4 is 46.8 Å². The highest BCUT2D eigenvalue weighted by atomic mass is 35.5. The molecule has 2 aromatic rings. The van der Waals surface area contributed by atoms with Crippen LogP contribution in [0.5, 0.6) is 0 Å². The molecule has 1 atom stereocenters. The molecule has 12 heteroatoms. The number of piperidine rings is 1. The van der Waals surface area contributed by atoms with Gasteiger partial charge in [0.2, 0.25) is 17.7 Å². The number of anilines is 2. The summed E-state index contributed by atoms with van der Waals surface area (Å²) in [5, 5.41) is 5.49. The van der Waals surface area contributed by atoms with Crippen molar-refractivity contribution in [1.82, 2.24) is 10.6 Å². The van der Waals surface area contributed by atoms with Crippen LogP contribution in [0.4, 0.5) is 25.0 Å². The molecule has 2 aromatic carbocycles. The summed E-state index contributed by atoms with van der Waals surface area (Å²) in [6, 6.07) is 7.48. The van der Waals surface area contributed by atoms with E-state index in [0.29, 0.717) is 43.1 Å². The maximum atomic E-state index is 14.8. The second kappa shape index (κ2) is 9.68. The van der Waals surface area contributed by atoms with E-state index < -0.39 is 46.5 Å². The second-order valence-electron chi connectivity index (χ2n) is 11.7. The highest BCUT2D eigenvalue weighted by molar-refractivity contribution is 6.31. The van der Waals surface area contributed by atoms with Crippen LogP contribution >= 0.6 is 11.6 Å². The Morgan fingerprint density at radius 2 is 1.80 bits per heavy atom. The fourth-order valence-corrected chi connectivity index (χ4v) is 6.85. The third kappa shape index (κ3) is 4.60. The number of hydrogen-bond donors (Lipinski definition) is 2. The van der Waals surface area contributed by atoms with E-state index in [1.165, 1.54) is 0 Å². The third-order valence-corrected chi connectivity index (χ3v) is 9.28. The van der Waals surface area contributed by atoms with Gasteiger partial charge in [0.05, 0.1) is 17.4 Å². The minimum atomic E-state index is -1.06. The van der Waals surface area contributed by atoms with Crippen molar-refractivity contribution in [2.75, 3.05) is 29.9 Å². The van der Waals surface area contributed by atoms with Gasteiger partial charge in [-0.2, -0.15) is 0 Å². The van der Waals surface area contributed by atoms with Crippen LogP contribution in [0.15, 0.2) is 30.3 Å². The van der Waals surface area contributed by atoms with E-state index in [-0.39, 0.29) is 30.4 Å². The van der Waals surface area contributed by atoms with Gasteiger partial charge in [0, 0.05) is 67.8 Å². The van der Waals surface area contributed by atoms with Crippen molar-refractivity contribution < 1.29 is 32.7 Å². The number of ether oxygens (including phenoxy) is 1. The average Bonchev–Trinajstić information content (AvgIpc) is 2.84. The molecule has 41 heavy (non-hydrogen) atoms. The zero-order valence-corrected chi connectivity index (χ0v) is 23.3. The molecular formula is C29H29ClF2N4O5. The van der Waals surface area contributed by atoms with Gasteiger partial charge in [-0.05, 0) is 43.2 Å². The molecule has 4 amide bonds. The maximum Gasteiger partial charge on any atom is 0.408 e. The van der Waals surface area contributed by atoms with Crippen LogP contribution in [0, 0.1) is 24.0 Å². The van der Waals surface area contributed by atoms with Crippen molar-refractivity contribution in [3.05, 3.63) is 58.1 Å². The van der Waals surface area contributed by atoms with E-state index >= 15 is 0 Å². The number of hydrogen-bond acceptors (Lipinski definition) is 6. The van der Waals surface area contributed by atoms with Gasteiger partial charge in [-0.15, -0.1) is 0 Å². The van der Waals surface area contributed by atoms with Crippen LogP contribution < -0.4 is 20.4 Å². The van der Waals surface area contributed by atoms with E-state index in [0.717, 1.165) is 23.4 Å². The molecule has 3 saturated carbocycles. The number of imide groups is 1. The van der Waals surface area contributed by atoms with Gasteiger partial charge in [0.15, 0.2) is 0 Å². The summed E-state index contributed by atoms with van der Waals surface area (Å²) in [6.45, 7) is 2.51. The van der Waals surface area contributed by atoms with E-state index in [9.17, 15) is 28.0 Å². The normalized spacial score (nSPS) is 26.8. The zero-order chi connectivity index (χ0) is 29.3. The zero-order valence-electron chi connectivity index (χ0n) is 22.6. The van der Waals surface area contributed by atoms with Crippen LogP contribution in [-0.2, 0) is 19.1 Å². The Morgan fingerprint density at radius 3 is 2.44 bits per heavy atom. The standard InChI is InChI=1S/C29H29ClF2N4O5/c1-15-19(30)4-3-5-22(15)35(2)26(39)28-12-29(13-28,14-28)41-27(40)33-16-10-36(11-16)17-8-20(31)24(21(32)9-17)18-6-7-23(37)34-25(18)38/h3-5,8-9,16,18H,6-7,10-14H2,1-2H3,(H,33,40)(H,34,37,38). The Morgan fingerprint density at radius 1 is 1.15 bits per heavy atom. The number of nitrogens with zero attached hydrogens (tertiary/aromatic N) is 2. The number of nitrogens with one attached hydrogen (secondary N) is 2. The first-order valence-corrected chi connectivity index (χ1v) is 13.9. The fraction of sp³-hybridized carbons (Fsp3) is 0.448. The van der Waals surface area contributed by atoms with Crippen molar-refractivity contribution in [3.8, 4) is 0 Å². The molecule has 5 fully saturated rings. The summed E-state index contributed by atoms with van der Waals surface area (Å²) in [4.78, 5) is 52.5. The Balaban J connectivity index is 0.989. The fourth-order valence-electron chi connectivity index (χ4n) is 6.68. The Kier molecular flexibility index (Phi) is 6.48. The lowest BCUT2D eigenvalue weighted by atomic mass is 9.40. The topological polar surface area (TPSA) is 108 Å². The number of amides is 4. The highest BCUT2D eigenvalue weighted by Gasteiger charge is 2.75. The number of alkyl carbamates (subject to hydrolysis) is 1. The summed E-state index contributed by atoms with van der Waals surface area (Å²) in [7, 11) is 1.73. The summed E-state index contributed by atoms with van der Waals surface area (Å²) >= 11 is 6.21. The molecule has 216 valence electrons. The SMILES string of the molecule is Cc1c(Cl)cccc1N(C)C(=O)C12CC(OC(=O)NC3CN(c4cc(F)c(C5CCC(=O)NC5=O)c(F)c4)C3)(C1)C2. The van der Waals surface area contributed by atoms with E-state index in [2.05, 4.69) is 10.6 Å². The van der Waals surface area contributed by atoms with Gasteiger partial charge in [0.25, 0.3) is 0 Å². The van der Waals surface area contributed by atoms with Crippen LogP contribution in [0.2, 0.25) is 5.02 Å². The van der Waals surface area contributed by atoms with Crippen LogP contribution in [-0.4, -0.2) is 55.6 Å². The lowest BCUT2D eigenvalue weighted by molar-refractivity contribution is -0.246. The molecule has 2 N–H and O–H groups in total. The van der Waals surface area contributed by atoms with Gasteiger partial charge < -0.3 is 19.9 Å². The molecule has 9 nitrogen and oxygen atoms in total. The molecule has 2 aliphatic heterocycles. The first-order valence-electron chi connectivity index (χ1n) is 13.5. The monoisotopic (exact) mass is 586 g/mol. The molecule has 1 unspecified atom stereocenters. The van der Waals surface area contributed by atoms with E-state index in [4.69, 9.17) is 16.3 Å². The summed E-state index contributed by atoms with van der Waals surface area (Å²) in [5.74, 6) is -3.95. The largest absolute Gasteiger partial charge is 0.443 e. The predicted octanol–water partition coefficient (Wildman–Crippen LogP) is 3.95. The minimum absolute atomic E-state index is 0.0188. The molecule has 2 saturated heterocycles. The van der Waals surface area contributed by atoms with Crippen molar-refractivity contribution in [3.63, 3.8) is 0 Å². The minimum Gasteiger partial charge on any atom is -0.443 e. The van der Waals surface area contributed by atoms with Crippen molar-refractivity contribution in [2.45, 2.75) is 56.6 Å². The second-order valence-corrected chi connectivity index (χ2v) is 12.1. The lowest BCUT2D eigenvalue weighted by Crippen LogP contribution is -2.74. The Labute approximate surface area is 240 Å². The number of halogens is 3. The van der Waals surface area contributed by atoms with Crippen molar-refractivity contribution in [2.24, 2.45) is 5.41 Å². The molecule has 0 spiro atoms. The first kappa shape index (κ1) is 27.4. The van der Waals surface area contributed by atoms with Crippen molar-refractivity contribution in [1.29, 1.82) is 0 Å². The average molecular weight is 587 g/mol. The number of carbonyl (C=O) groups is 4. The molecule has 3 aliphatic carbocycles. The molecular weight excluding hydrogens is 558 g/mol. The molecule has 2 heterocycles. The summed E-state index contributed by atoms with van der Waals surface area (Å²) in [6.07, 6.45) is 0.872. The third-order valence-electron chi connectivity index (χ3n) is 8.87. The molecule has 7 rings (SSSR count). The van der Waals surface area contributed by atoms with Crippen LogP contribution in [0.3, 0.4) is 0 Å². The summed E-state index contributed by atoms with van der Waals surface area (Å²) in [5.41, 5.74) is 0.339. The van der Waals surface area contributed by atoms with Gasteiger partial charge in [-0.1, -0.05) is 17.7 Å². The highest BCUT2D eigenvalue weighted by Crippen LogP contribution is 2.70. The Hall–Kier alpha value is -3.73. The predicted molar refractivity (Wildman–Crippen MR) is 146 cm³/mol. The molecule has 0 radical (unpaired) electrons. The van der Waals surface area contributed by atoms with Crippen LogP contribution in [0.25, 0.3) is 0 Å². The lowest BCUT2D eigenvalue weighted by Gasteiger charge is -2.67. The quantitative estimate of drug-likeness (QED) is 0.497. The van der Waals surface area contributed by atoms with Gasteiger partial charge in [0.1, 0.15) is 17.2 Å². The summed E-state index contributed by atoms with van der Waals surface area (Å²) < 4.78 is 35.4. The van der Waals surface area contributed by atoms with Gasteiger partial charge in [-0.25, -0.2) is 13.6 Å². The molecule has 2 bridgehead atoms. The number of carbonyl (C=O) groups excluding carboxylic acids is 4. The van der Waals surface area contributed by atoms with E-state index in [1.807, 2.05) is 13.0 Å². The molecule has 5 aliphatic rings. The number of benzene rings is 2. The van der Waals surface area contributed by atoms with Gasteiger partial charge >= 0.3 is 6.09 Å². The smallest absolute Gasteiger partial charge is 0.408 e. The maximum absolute atomic E-state index is 14.8. The first-order chi connectivity index (χ1) is 19.4.